The van der Waals surface area contributed by atoms with E-state index in [1.54, 1.807) is 25.6 Å². The molecule has 1 N–H and O–H groups in total. The summed E-state index contributed by atoms with van der Waals surface area (Å²) >= 11 is 1.77. The second kappa shape index (κ2) is 7.21. The molecule has 0 aliphatic rings. The van der Waals surface area contributed by atoms with Crippen molar-refractivity contribution in [2.24, 2.45) is 0 Å². The molecular formula is C14H19N3O2S. The number of aromatic nitrogens is 2. The Labute approximate surface area is 123 Å². The summed E-state index contributed by atoms with van der Waals surface area (Å²) < 4.78 is 10.5. The molecule has 0 spiro atoms. The lowest BCUT2D eigenvalue weighted by molar-refractivity contribution is 0.359. The summed E-state index contributed by atoms with van der Waals surface area (Å²) in [6, 6.07) is 2.18. The standard InChI is InChI=1S/C14H19N3O2S/c1-4-10-5-6-20-12(10)8-15-7-11-13(18-2)16-9-17-14(11)19-3/h5-6,9,15H,4,7-8H2,1-3H3. The number of ether oxygens (including phenoxy) is 2. The summed E-state index contributed by atoms with van der Waals surface area (Å²) in [7, 11) is 3.19. The quantitative estimate of drug-likeness (QED) is 0.849. The molecule has 2 rings (SSSR count). The van der Waals surface area contributed by atoms with Gasteiger partial charge in [0, 0.05) is 18.0 Å². The lowest BCUT2D eigenvalue weighted by atomic mass is 10.2. The molecule has 0 amide bonds. The Morgan fingerprint density at radius 1 is 1.15 bits per heavy atom. The number of methoxy groups -OCH3 is 2. The van der Waals surface area contributed by atoms with Gasteiger partial charge in [0.15, 0.2) is 0 Å². The van der Waals surface area contributed by atoms with Crippen molar-refractivity contribution in [2.45, 2.75) is 26.4 Å². The number of hydrogen-bond donors (Lipinski definition) is 1. The largest absolute Gasteiger partial charge is 0.481 e. The van der Waals surface area contributed by atoms with Gasteiger partial charge in [-0.2, -0.15) is 0 Å². The third-order valence-corrected chi connectivity index (χ3v) is 4.02. The van der Waals surface area contributed by atoms with Gasteiger partial charge in [0.2, 0.25) is 11.8 Å². The van der Waals surface area contributed by atoms with E-state index in [2.05, 4.69) is 33.7 Å². The van der Waals surface area contributed by atoms with Gasteiger partial charge >= 0.3 is 0 Å². The van der Waals surface area contributed by atoms with Crippen LogP contribution in [0.3, 0.4) is 0 Å². The summed E-state index contributed by atoms with van der Waals surface area (Å²) in [6.45, 7) is 3.60. The Morgan fingerprint density at radius 3 is 2.45 bits per heavy atom. The van der Waals surface area contributed by atoms with Crippen LogP contribution in [-0.2, 0) is 19.5 Å². The minimum atomic E-state index is 0.547. The van der Waals surface area contributed by atoms with E-state index in [0.717, 1.165) is 18.5 Å². The van der Waals surface area contributed by atoms with Crippen molar-refractivity contribution in [1.29, 1.82) is 0 Å². The molecule has 5 nitrogen and oxygen atoms in total. The van der Waals surface area contributed by atoms with Crippen LogP contribution in [0.4, 0.5) is 0 Å². The molecule has 2 aromatic heterocycles. The van der Waals surface area contributed by atoms with E-state index in [1.807, 2.05) is 0 Å². The van der Waals surface area contributed by atoms with Crippen LogP contribution in [0, 0.1) is 0 Å². The zero-order chi connectivity index (χ0) is 14.4. The van der Waals surface area contributed by atoms with Crippen molar-refractivity contribution in [3.05, 3.63) is 33.8 Å². The van der Waals surface area contributed by atoms with E-state index in [4.69, 9.17) is 9.47 Å². The smallest absolute Gasteiger partial charge is 0.224 e. The zero-order valence-electron chi connectivity index (χ0n) is 12.0. The summed E-state index contributed by atoms with van der Waals surface area (Å²) in [5, 5.41) is 5.53. The molecule has 0 unspecified atom stereocenters. The average Bonchev–Trinajstić information content (AvgIpc) is 2.94. The van der Waals surface area contributed by atoms with Gasteiger partial charge in [-0.1, -0.05) is 6.92 Å². The fraction of sp³-hybridized carbons (Fsp3) is 0.429. The topological polar surface area (TPSA) is 56.3 Å². The van der Waals surface area contributed by atoms with Gasteiger partial charge in [-0.25, -0.2) is 9.97 Å². The predicted molar refractivity (Wildman–Crippen MR) is 79.4 cm³/mol. The van der Waals surface area contributed by atoms with Gasteiger partial charge in [-0.3, -0.25) is 0 Å². The van der Waals surface area contributed by atoms with Gasteiger partial charge in [-0.05, 0) is 23.4 Å². The SMILES string of the molecule is CCc1ccsc1CNCc1c(OC)ncnc1OC. The molecule has 0 fully saturated rings. The maximum Gasteiger partial charge on any atom is 0.224 e. The van der Waals surface area contributed by atoms with E-state index in [1.165, 1.54) is 16.8 Å². The van der Waals surface area contributed by atoms with Crippen LogP contribution in [0.2, 0.25) is 0 Å². The highest BCUT2D eigenvalue weighted by Gasteiger charge is 2.12. The fourth-order valence-electron chi connectivity index (χ4n) is 2.02. The van der Waals surface area contributed by atoms with E-state index in [0.29, 0.717) is 18.3 Å². The number of rotatable bonds is 7. The second-order valence-corrected chi connectivity index (χ2v) is 5.20. The van der Waals surface area contributed by atoms with Crippen LogP contribution in [0.15, 0.2) is 17.8 Å². The molecule has 2 heterocycles. The molecule has 0 bridgehead atoms. The molecular weight excluding hydrogens is 274 g/mol. The monoisotopic (exact) mass is 293 g/mol. The molecule has 20 heavy (non-hydrogen) atoms. The first-order valence-electron chi connectivity index (χ1n) is 6.48. The Bertz CT molecular complexity index is 535. The van der Waals surface area contributed by atoms with Gasteiger partial charge < -0.3 is 14.8 Å². The summed E-state index contributed by atoms with van der Waals surface area (Å²) in [6.07, 6.45) is 2.50. The summed E-state index contributed by atoms with van der Waals surface area (Å²) in [4.78, 5) is 9.57. The van der Waals surface area contributed by atoms with Gasteiger partial charge in [0.25, 0.3) is 0 Å². The number of nitrogens with zero attached hydrogens (tertiary/aromatic N) is 2. The normalized spacial score (nSPS) is 10.6. The van der Waals surface area contributed by atoms with E-state index < -0.39 is 0 Å². The van der Waals surface area contributed by atoms with E-state index in [9.17, 15) is 0 Å². The highest BCUT2D eigenvalue weighted by atomic mass is 32.1. The van der Waals surface area contributed by atoms with Crippen molar-refractivity contribution in [1.82, 2.24) is 15.3 Å². The first-order valence-corrected chi connectivity index (χ1v) is 7.35. The predicted octanol–water partition coefficient (Wildman–Crippen LogP) is 2.41. The minimum absolute atomic E-state index is 0.547. The van der Waals surface area contributed by atoms with Crippen molar-refractivity contribution >= 4 is 11.3 Å². The maximum absolute atomic E-state index is 5.25. The summed E-state index contributed by atoms with van der Waals surface area (Å²) in [5.41, 5.74) is 2.23. The molecule has 0 aromatic carbocycles. The molecule has 0 aliphatic heterocycles. The fourth-order valence-corrected chi connectivity index (χ4v) is 2.97. The maximum atomic E-state index is 5.25. The Kier molecular flexibility index (Phi) is 5.31. The van der Waals surface area contributed by atoms with Gasteiger partial charge in [0.05, 0.1) is 19.8 Å². The van der Waals surface area contributed by atoms with Gasteiger partial charge in [0.1, 0.15) is 6.33 Å². The van der Waals surface area contributed by atoms with Crippen LogP contribution in [-0.4, -0.2) is 24.2 Å². The molecule has 108 valence electrons. The molecule has 6 heteroatoms. The van der Waals surface area contributed by atoms with Crippen LogP contribution >= 0.6 is 11.3 Å². The molecule has 0 aliphatic carbocycles. The van der Waals surface area contributed by atoms with Crippen molar-refractivity contribution in [2.75, 3.05) is 14.2 Å². The lowest BCUT2D eigenvalue weighted by Crippen LogP contribution is -2.15. The summed E-state index contributed by atoms with van der Waals surface area (Å²) in [5.74, 6) is 1.09. The highest BCUT2D eigenvalue weighted by molar-refractivity contribution is 7.10. The minimum Gasteiger partial charge on any atom is -0.481 e. The number of aryl methyl sites for hydroxylation is 1. The lowest BCUT2D eigenvalue weighted by Gasteiger charge is -2.11. The number of thiophene rings is 1. The third-order valence-electron chi connectivity index (χ3n) is 3.06. The first kappa shape index (κ1) is 14.7. The second-order valence-electron chi connectivity index (χ2n) is 4.20. The third kappa shape index (κ3) is 3.26. The Morgan fingerprint density at radius 2 is 1.85 bits per heavy atom. The van der Waals surface area contributed by atoms with Crippen molar-refractivity contribution in [3.63, 3.8) is 0 Å². The molecule has 0 saturated carbocycles. The van der Waals surface area contributed by atoms with Crippen LogP contribution < -0.4 is 14.8 Å². The molecule has 0 radical (unpaired) electrons. The Balaban J connectivity index is 2.04. The van der Waals surface area contributed by atoms with Crippen LogP contribution in [0.1, 0.15) is 22.9 Å². The Hall–Kier alpha value is -1.66. The first-order chi connectivity index (χ1) is 9.80. The number of nitrogens with one attached hydrogen (secondary N) is 1. The van der Waals surface area contributed by atoms with Crippen LogP contribution in [0.5, 0.6) is 11.8 Å². The molecule has 0 saturated heterocycles. The highest BCUT2D eigenvalue weighted by Crippen LogP contribution is 2.23. The number of hydrogen-bond acceptors (Lipinski definition) is 6. The van der Waals surface area contributed by atoms with Crippen molar-refractivity contribution < 1.29 is 9.47 Å². The molecule has 0 atom stereocenters. The van der Waals surface area contributed by atoms with E-state index >= 15 is 0 Å². The average molecular weight is 293 g/mol. The van der Waals surface area contributed by atoms with Gasteiger partial charge in [-0.15, -0.1) is 11.3 Å². The molecule has 2 aromatic rings. The van der Waals surface area contributed by atoms with Crippen LogP contribution in [0.25, 0.3) is 0 Å². The van der Waals surface area contributed by atoms with Crippen molar-refractivity contribution in [3.8, 4) is 11.8 Å². The van der Waals surface area contributed by atoms with E-state index in [-0.39, 0.29) is 0 Å². The zero-order valence-corrected chi connectivity index (χ0v) is 12.8.